The zero-order valence-corrected chi connectivity index (χ0v) is 14.6. The average molecular weight is 339 g/mol. The monoisotopic (exact) mass is 338 g/mol. The smallest absolute Gasteiger partial charge is 0.320 e. The molecule has 23 heavy (non-hydrogen) atoms. The van der Waals surface area contributed by atoms with Gasteiger partial charge in [0.1, 0.15) is 6.04 Å². The van der Waals surface area contributed by atoms with Crippen molar-refractivity contribution in [1.29, 1.82) is 0 Å². The highest BCUT2D eigenvalue weighted by atomic mass is 35.5. The van der Waals surface area contributed by atoms with Crippen molar-refractivity contribution < 1.29 is 9.90 Å². The Morgan fingerprint density at radius 1 is 1.39 bits per heavy atom. The fourth-order valence-electron chi connectivity index (χ4n) is 3.10. The van der Waals surface area contributed by atoms with Gasteiger partial charge in [0.05, 0.1) is 0 Å². The zero-order valence-electron chi connectivity index (χ0n) is 13.8. The molecule has 1 aliphatic heterocycles. The third-order valence-electron chi connectivity index (χ3n) is 4.52. The number of hydrogen-bond donors (Lipinski definition) is 2. The summed E-state index contributed by atoms with van der Waals surface area (Å²) >= 11 is 6.22. The van der Waals surface area contributed by atoms with Crippen LogP contribution in [0.25, 0.3) is 0 Å². The number of hydrogen-bond acceptors (Lipinski definition) is 3. The molecule has 0 radical (unpaired) electrons. The number of aliphatic carboxylic acids is 1. The van der Waals surface area contributed by atoms with E-state index >= 15 is 0 Å². The van der Waals surface area contributed by atoms with E-state index in [4.69, 9.17) is 11.6 Å². The summed E-state index contributed by atoms with van der Waals surface area (Å²) in [5, 5.41) is 13.5. The van der Waals surface area contributed by atoms with Gasteiger partial charge in [-0.25, -0.2) is 0 Å². The first-order valence-electron chi connectivity index (χ1n) is 8.54. The lowest BCUT2D eigenvalue weighted by atomic mass is 10.0. The first-order valence-corrected chi connectivity index (χ1v) is 8.92. The van der Waals surface area contributed by atoms with Crippen molar-refractivity contribution in [1.82, 2.24) is 10.2 Å². The minimum atomic E-state index is -0.725. The second kappa shape index (κ2) is 9.26. The van der Waals surface area contributed by atoms with E-state index < -0.39 is 12.0 Å². The molecule has 1 atom stereocenters. The number of benzene rings is 1. The van der Waals surface area contributed by atoms with Crippen LogP contribution in [-0.4, -0.2) is 41.1 Å². The van der Waals surface area contributed by atoms with E-state index in [1.54, 1.807) is 0 Å². The Bertz CT molecular complexity index is 502. The Kier molecular flexibility index (Phi) is 7.34. The molecule has 0 amide bonds. The fraction of sp³-hybridized carbons (Fsp3) is 0.611. The number of carboxylic acids is 1. The summed E-state index contributed by atoms with van der Waals surface area (Å²) in [5.74, 6) is -0.725. The number of nitrogens with zero attached hydrogens (tertiary/aromatic N) is 1. The SMILES string of the molecule is CCCC[C@H](NC1CCN(Cc2ccccc2Cl)CC1)C(=O)O. The van der Waals surface area contributed by atoms with Gasteiger partial charge in [-0.2, -0.15) is 0 Å². The molecule has 0 spiro atoms. The number of likely N-dealkylation sites (tertiary alicyclic amines) is 1. The molecule has 0 aromatic heterocycles. The van der Waals surface area contributed by atoms with Crippen molar-refractivity contribution in [3.8, 4) is 0 Å². The maximum Gasteiger partial charge on any atom is 0.320 e. The van der Waals surface area contributed by atoms with Crippen molar-refractivity contribution in [3.05, 3.63) is 34.9 Å². The van der Waals surface area contributed by atoms with E-state index in [9.17, 15) is 9.90 Å². The maximum atomic E-state index is 11.3. The van der Waals surface area contributed by atoms with E-state index in [1.165, 1.54) is 0 Å². The van der Waals surface area contributed by atoms with E-state index in [2.05, 4.69) is 23.2 Å². The van der Waals surface area contributed by atoms with E-state index in [1.807, 2.05) is 18.2 Å². The third-order valence-corrected chi connectivity index (χ3v) is 4.89. The van der Waals surface area contributed by atoms with Crippen molar-refractivity contribution >= 4 is 17.6 Å². The molecule has 0 bridgehead atoms. The second-order valence-corrected chi connectivity index (χ2v) is 6.75. The van der Waals surface area contributed by atoms with Crippen LogP contribution in [0.4, 0.5) is 0 Å². The number of carboxylic acid groups (broad SMARTS) is 1. The lowest BCUT2D eigenvalue weighted by Crippen LogP contribution is -2.48. The van der Waals surface area contributed by atoms with Crippen LogP contribution in [-0.2, 0) is 11.3 Å². The van der Waals surface area contributed by atoms with Crippen LogP contribution in [0.5, 0.6) is 0 Å². The highest BCUT2D eigenvalue weighted by molar-refractivity contribution is 6.31. The van der Waals surface area contributed by atoms with Crippen molar-refractivity contribution in [2.75, 3.05) is 13.1 Å². The molecular formula is C18H27ClN2O2. The number of rotatable bonds is 8. The maximum absolute atomic E-state index is 11.3. The molecule has 1 fully saturated rings. The lowest BCUT2D eigenvalue weighted by Gasteiger charge is -2.34. The van der Waals surface area contributed by atoms with Crippen molar-refractivity contribution in [2.45, 2.75) is 57.7 Å². The second-order valence-electron chi connectivity index (χ2n) is 6.34. The van der Waals surface area contributed by atoms with Crippen molar-refractivity contribution in [2.24, 2.45) is 0 Å². The fourth-order valence-corrected chi connectivity index (χ4v) is 3.29. The van der Waals surface area contributed by atoms with Crippen LogP contribution >= 0.6 is 11.6 Å². The van der Waals surface area contributed by atoms with E-state index in [0.29, 0.717) is 12.5 Å². The van der Waals surface area contributed by atoms with Crippen LogP contribution in [0.3, 0.4) is 0 Å². The highest BCUT2D eigenvalue weighted by Crippen LogP contribution is 2.20. The van der Waals surface area contributed by atoms with Gasteiger partial charge < -0.3 is 10.4 Å². The Morgan fingerprint density at radius 3 is 2.70 bits per heavy atom. The molecule has 4 nitrogen and oxygen atoms in total. The molecule has 0 unspecified atom stereocenters. The van der Waals surface area contributed by atoms with Crippen LogP contribution in [0.2, 0.25) is 5.02 Å². The predicted octanol–water partition coefficient (Wildman–Crippen LogP) is 3.54. The van der Waals surface area contributed by atoms with Gasteiger partial charge in [0.15, 0.2) is 0 Å². The minimum Gasteiger partial charge on any atom is -0.480 e. The number of nitrogens with one attached hydrogen (secondary N) is 1. The summed E-state index contributed by atoms with van der Waals surface area (Å²) in [6, 6.07) is 7.85. The summed E-state index contributed by atoms with van der Waals surface area (Å²) in [6.07, 6.45) is 4.67. The Morgan fingerprint density at radius 2 is 2.09 bits per heavy atom. The average Bonchev–Trinajstić information content (AvgIpc) is 2.55. The number of halogens is 1. The summed E-state index contributed by atoms with van der Waals surface area (Å²) in [5.41, 5.74) is 1.16. The van der Waals surface area contributed by atoms with Crippen LogP contribution in [0.1, 0.15) is 44.6 Å². The highest BCUT2D eigenvalue weighted by Gasteiger charge is 2.24. The molecule has 1 aromatic carbocycles. The van der Waals surface area contributed by atoms with E-state index in [0.717, 1.165) is 55.9 Å². The summed E-state index contributed by atoms with van der Waals surface area (Å²) < 4.78 is 0. The number of unbranched alkanes of at least 4 members (excludes halogenated alkanes) is 1. The molecule has 0 aliphatic carbocycles. The van der Waals surface area contributed by atoms with Crippen molar-refractivity contribution in [3.63, 3.8) is 0 Å². The van der Waals surface area contributed by atoms with Crippen LogP contribution in [0, 0.1) is 0 Å². The molecular weight excluding hydrogens is 312 g/mol. The first-order chi connectivity index (χ1) is 11.1. The molecule has 1 aliphatic rings. The topological polar surface area (TPSA) is 52.6 Å². The van der Waals surface area contributed by atoms with Gasteiger partial charge in [0.25, 0.3) is 0 Å². The lowest BCUT2D eigenvalue weighted by molar-refractivity contribution is -0.140. The van der Waals surface area contributed by atoms with Crippen LogP contribution in [0.15, 0.2) is 24.3 Å². The molecule has 2 rings (SSSR count). The summed E-state index contributed by atoms with van der Waals surface area (Å²) in [6.45, 7) is 4.91. The first kappa shape index (κ1) is 18.2. The summed E-state index contributed by atoms with van der Waals surface area (Å²) in [7, 11) is 0. The molecule has 128 valence electrons. The molecule has 5 heteroatoms. The minimum absolute atomic E-state index is 0.301. The Balaban J connectivity index is 1.79. The van der Waals surface area contributed by atoms with Gasteiger partial charge in [-0.3, -0.25) is 9.69 Å². The molecule has 0 saturated carbocycles. The van der Waals surface area contributed by atoms with Gasteiger partial charge in [0.2, 0.25) is 0 Å². The molecule has 1 saturated heterocycles. The zero-order chi connectivity index (χ0) is 16.7. The number of carbonyl (C=O) groups is 1. The largest absolute Gasteiger partial charge is 0.480 e. The third kappa shape index (κ3) is 5.79. The van der Waals surface area contributed by atoms with Gasteiger partial charge in [-0.05, 0) is 44.0 Å². The van der Waals surface area contributed by atoms with Gasteiger partial charge in [-0.15, -0.1) is 0 Å². The normalized spacial score (nSPS) is 18.0. The van der Waals surface area contributed by atoms with E-state index in [-0.39, 0.29) is 0 Å². The quantitative estimate of drug-likeness (QED) is 0.761. The van der Waals surface area contributed by atoms with Gasteiger partial charge in [-0.1, -0.05) is 49.6 Å². The predicted molar refractivity (Wildman–Crippen MR) is 93.8 cm³/mol. The van der Waals surface area contributed by atoms with Crippen LogP contribution < -0.4 is 5.32 Å². The molecule has 1 aromatic rings. The Hall–Kier alpha value is -1.10. The Labute approximate surface area is 143 Å². The number of piperidine rings is 1. The molecule has 1 heterocycles. The molecule has 2 N–H and O–H groups in total. The van der Waals surface area contributed by atoms with Gasteiger partial charge >= 0.3 is 5.97 Å². The van der Waals surface area contributed by atoms with Gasteiger partial charge in [0, 0.05) is 17.6 Å². The standard InChI is InChI=1S/C18H27ClN2O2/c1-2-3-8-17(18(22)23)20-15-9-11-21(12-10-15)13-14-6-4-5-7-16(14)19/h4-7,15,17,20H,2-3,8-13H2,1H3,(H,22,23)/t17-/m0/s1. The summed E-state index contributed by atoms with van der Waals surface area (Å²) in [4.78, 5) is 13.7.